The zero-order chi connectivity index (χ0) is 21.8. The van der Waals surface area contributed by atoms with Crippen molar-refractivity contribution in [3.8, 4) is 0 Å². The van der Waals surface area contributed by atoms with Crippen LogP contribution in [0.1, 0.15) is 27.0 Å². The van der Waals surface area contributed by atoms with E-state index in [1.807, 2.05) is 60.8 Å². The topological polar surface area (TPSA) is 46.4 Å². The number of hydrazone groups is 1. The second-order valence-corrected chi connectivity index (χ2v) is 6.99. The van der Waals surface area contributed by atoms with Gasteiger partial charge in [-0.15, -0.1) is 0 Å². The van der Waals surface area contributed by atoms with Gasteiger partial charge in [0.1, 0.15) is 0 Å². The minimum Gasteiger partial charge on any atom is -0.342 e. The first-order chi connectivity index (χ1) is 14.9. The Morgan fingerprint density at radius 1 is 0.968 bits per heavy atom. The largest absolute Gasteiger partial charge is 0.416 e. The summed E-state index contributed by atoms with van der Waals surface area (Å²) in [7, 11) is 0. The Hall–Kier alpha value is -3.87. The van der Waals surface area contributed by atoms with Crippen LogP contribution in [-0.4, -0.2) is 16.7 Å². The van der Waals surface area contributed by atoms with Gasteiger partial charge < -0.3 is 4.57 Å². The number of rotatable bonds is 5. The van der Waals surface area contributed by atoms with Crippen molar-refractivity contribution in [2.24, 2.45) is 5.10 Å². The molecule has 4 aromatic rings. The number of carbonyl (C=O) groups is 1. The Labute approximate surface area is 176 Å². The maximum absolute atomic E-state index is 12.8. The quantitative estimate of drug-likeness (QED) is 0.337. The van der Waals surface area contributed by atoms with Gasteiger partial charge in [0.15, 0.2) is 0 Å². The van der Waals surface area contributed by atoms with E-state index in [0.29, 0.717) is 6.54 Å². The third-order valence-electron chi connectivity index (χ3n) is 4.84. The highest BCUT2D eigenvalue weighted by Crippen LogP contribution is 2.29. The molecule has 4 nitrogen and oxygen atoms in total. The lowest BCUT2D eigenvalue weighted by atomic mass is 10.1. The summed E-state index contributed by atoms with van der Waals surface area (Å²) in [6, 6.07) is 22.0. The molecule has 0 bridgehead atoms. The average Bonchev–Trinajstić information content (AvgIpc) is 3.11. The molecule has 1 heterocycles. The molecule has 0 saturated carbocycles. The van der Waals surface area contributed by atoms with Crippen molar-refractivity contribution in [1.82, 2.24) is 9.99 Å². The van der Waals surface area contributed by atoms with E-state index in [1.54, 1.807) is 0 Å². The second-order valence-electron chi connectivity index (χ2n) is 6.99. The molecule has 0 atom stereocenters. The van der Waals surface area contributed by atoms with E-state index >= 15 is 0 Å². The van der Waals surface area contributed by atoms with Crippen LogP contribution >= 0.6 is 0 Å². The van der Waals surface area contributed by atoms with E-state index in [-0.39, 0.29) is 5.56 Å². The van der Waals surface area contributed by atoms with Crippen LogP contribution < -0.4 is 5.43 Å². The fourth-order valence-electron chi connectivity index (χ4n) is 3.35. The highest BCUT2D eigenvalue weighted by atomic mass is 19.4. The molecule has 0 aliphatic carbocycles. The summed E-state index contributed by atoms with van der Waals surface area (Å²) in [5.74, 6) is -0.713. The van der Waals surface area contributed by atoms with Crippen LogP contribution in [0.25, 0.3) is 10.9 Å². The highest BCUT2D eigenvalue weighted by molar-refractivity contribution is 6.00. The van der Waals surface area contributed by atoms with Crippen LogP contribution in [0.4, 0.5) is 13.2 Å². The predicted octanol–water partition coefficient (Wildman–Crippen LogP) is 5.47. The lowest BCUT2D eigenvalue weighted by Gasteiger charge is -2.07. The Morgan fingerprint density at radius 3 is 2.48 bits per heavy atom. The van der Waals surface area contributed by atoms with Crippen molar-refractivity contribution in [3.63, 3.8) is 0 Å². The van der Waals surface area contributed by atoms with Gasteiger partial charge in [0.25, 0.3) is 5.91 Å². The Bertz CT molecular complexity index is 1240. The highest BCUT2D eigenvalue weighted by Gasteiger charge is 2.30. The van der Waals surface area contributed by atoms with E-state index in [0.717, 1.165) is 34.2 Å². The number of halogens is 3. The SMILES string of the molecule is O=C(N/N=C\c1cn(Cc2ccccc2)c2ccccc12)c1cccc(C(F)(F)F)c1. The van der Waals surface area contributed by atoms with Gasteiger partial charge in [0.2, 0.25) is 0 Å². The number of hydrogen-bond acceptors (Lipinski definition) is 2. The molecule has 7 heteroatoms. The zero-order valence-electron chi connectivity index (χ0n) is 16.3. The molecule has 0 spiro atoms. The van der Waals surface area contributed by atoms with E-state index in [1.165, 1.54) is 18.3 Å². The van der Waals surface area contributed by atoms with Crippen molar-refractivity contribution in [3.05, 3.63) is 107 Å². The summed E-state index contributed by atoms with van der Waals surface area (Å²) >= 11 is 0. The maximum Gasteiger partial charge on any atom is 0.416 e. The standard InChI is InChI=1S/C24H18F3N3O/c25-24(26,27)20-10-6-9-18(13-20)23(31)29-28-14-19-16-30(15-17-7-2-1-3-8-17)22-12-5-4-11-21(19)22/h1-14,16H,15H2,(H,29,31)/b28-14-. The van der Waals surface area contributed by atoms with E-state index in [9.17, 15) is 18.0 Å². The Morgan fingerprint density at radius 2 is 1.71 bits per heavy atom. The average molecular weight is 421 g/mol. The minimum atomic E-state index is -4.51. The van der Waals surface area contributed by atoms with Gasteiger partial charge in [-0.05, 0) is 29.8 Å². The summed E-state index contributed by atoms with van der Waals surface area (Å²) in [6.45, 7) is 0.672. The fraction of sp³-hybridized carbons (Fsp3) is 0.0833. The number of hydrogen-bond donors (Lipinski definition) is 1. The minimum absolute atomic E-state index is 0.113. The Kier molecular flexibility index (Phi) is 5.58. The first-order valence-electron chi connectivity index (χ1n) is 9.54. The zero-order valence-corrected chi connectivity index (χ0v) is 16.3. The molecule has 0 aliphatic rings. The number of nitrogens with one attached hydrogen (secondary N) is 1. The summed E-state index contributed by atoms with van der Waals surface area (Å²) in [4.78, 5) is 12.2. The molecule has 1 N–H and O–H groups in total. The molecular formula is C24H18F3N3O. The molecule has 3 aromatic carbocycles. The second kappa shape index (κ2) is 8.47. The monoisotopic (exact) mass is 421 g/mol. The third-order valence-corrected chi connectivity index (χ3v) is 4.84. The first-order valence-corrected chi connectivity index (χ1v) is 9.54. The maximum atomic E-state index is 12.8. The number of para-hydroxylation sites is 1. The number of nitrogens with zero attached hydrogens (tertiary/aromatic N) is 2. The molecular weight excluding hydrogens is 403 g/mol. The van der Waals surface area contributed by atoms with Crippen molar-refractivity contribution < 1.29 is 18.0 Å². The molecule has 1 amide bonds. The normalized spacial score (nSPS) is 11.8. The molecule has 31 heavy (non-hydrogen) atoms. The van der Waals surface area contributed by atoms with E-state index in [2.05, 4.69) is 15.1 Å². The van der Waals surface area contributed by atoms with E-state index in [4.69, 9.17) is 0 Å². The molecule has 0 unspecified atom stereocenters. The summed E-state index contributed by atoms with van der Waals surface area (Å²) < 4.78 is 40.6. The van der Waals surface area contributed by atoms with Gasteiger partial charge in [-0.2, -0.15) is 18.3 Å². The van der Waals surface area contributed by atoms with Crippen molar-refractivity contribution in [2.45, 2.75) is 12.7 Å². The van der Waals surface area contributed by atoms with Crippen LogP contribution in [0.15, 0.2) is 90.2 Å². The van der Waals surface area contributed by atoms with Crippen LogP contribution in [-0.2, 0) is 12.7 Å². The molecule has 4 rings (SSSR count). The van der Waals surface area contributed by atoms with Crippen LogP contribution in [0.5, 0.6) is 0 Å². The number of alkyl halides is 3. The van der Waals surface area contributed by atoms with Gasteiger partial charge in [0.05, 0.1) is 11.8 Å². The number of amides is 1. The molecule has 0 fully saturated rings. The predicted molar refractivity (Wildman–Crippen MR) is 114 cm³/mol. The lowest BCUT2D eigenvalue weighted by molar-refractivity contribution is -0.137. The number of carbonyl (C=O) groups excluding carboxylic acids is 1. The van der Waals surface area contributed by atoms with Gasteiger partial charge in [-0.3, -0.25) is 4.79 Å². The van der Waals surface area contributed by atoms with E-state index < -0.39 is 17.6 Å². The molecule has 156 valence electrons. The van der Waals surface area contributed by atoms with Crippen molar-refractivity contribution in [2.75, 3.05) is 0 Å². The van der Waals surface area contributed by atoms with Gasteiger partial charge >= 0.3 is 6.18 Å². The van der Waals surface area contributed by atoms with Crippen LogP contribution in [0.2, 0.25) is 0 Å². The molecule has 0 radical (unpaired) electrons. The van der Waals surface area contributed by atoms with Gasteiger partial charge in [-0.25, -0.2) is 5.43 Å². The van der Waals surface area contributed by atoms with Gasteiger partial charge in [0, 0.05) is 34.8 Å². The molecule has 0 aliphatic heterocycles. The van der Waals surface area contributed by atoms with Crippen molar-refractivity contribution >= 4 is 23.0 Å². The number of benzene rings is 3. The van der Waals surface area contributed by atoms with Crippen LogP contribution in [0, 0.1) is 0 Å². The number of fused-ring (bicyclic) bond motifs is 1. The lowest BCUT2D eigenvalue weighted by Crippen LogP contribution is -2.18. The summed E-state index contributed by atoms with van der Waals surface area (Å²) in [6.07, 6.45) is -1.09. The van der Waals surface area contributed by atoms with Gasteiger partial charge in [-0.1, -0.05) is 54.6 Å². The fourth-order valence-corrected chi connectivity index (χ4v) is 3.35. The summed E-state index contributed by atoms with van der Waals surface area (Å²) in [5.41, 5.74) is 4.25. The Balaban J connectivity index is 1.54. The smallest absolute Gasteiger partial charge is 0.342 e. The third kappa shape index (κ3) is 4.66. The number of aromatic nitrogens is 1. The molecule has 1 aromatic heterocycles. The van der Waals surface area contributed by atoms with Crippen molar-refractivity contribution in [1.29, 1.82) is 0 Å². The molecule has 0 saturated heterocycles. The van der Waals surface area contributed by atoms with Crippen LogP contribution in [0.3, 0.4) is 0 Å². The first kappa shape index (κ1) is 20.4. The summed E-state index contributed by atoms with van der Waals surface area (Å²) in [5, 5.41) is 4.92.